The molecule has 1 aliphatic carbocycles. The summed E-state index contributed by atoms with van der Waals surface area (Å²) in [6, 6.07) is 0.448. The van der Waals surface area contributed by atoms with Gasteiger partial charge in [-0.25, -0.2) is 4.98 Å². The predicted octanol–water partition coefficient (Wildman–Crippen LogP) is 2.79. The van der Waals surface area contributed by atoms with E-state index in [1.54, 1.807) is 11.3 Å². The standard InChI is InChI=1S/C13H20N2O2S/c1-9(2)15(7-10-3-4-10)13-14-11(8-18-13)5-6-12(16)17/h8-10H,3-7H2,1-2H3,(H,16,17). The Bertz CT molecular complexity index is 413. The van der Waals surface area contributed by atoms with Crippen LogP contribution in [0.25, 0.3) is 0 Å². The second-order valence-corrected chi connectivity index (χ2v) is 6.04. The summed E-state index contributed by atoms with van der Waals surface area (Å²) in [6.07, 6.45) is 3.36. The van der Waals surface area contributed by atoms with Gasteiger partial charge in [-0.1, -0.05) is 0 Å². The molecule has 0 amide bonds. The van der Waals surface area contributed by atoms with Crippen LogP contribution in [0.1, 0.15) is 38.8 Å². The Morgan fingerprint density at radius 3 is 2.89 bits per heavy atom. The Hall–Kier alpha value is -1.10. The Kier molecular flexibility index (Phi) is 4.22. The number of aryl methyl sites for hydroxylation is 1. The molecule has 0 bridgehead atoms. The van der Waals surface area contributed by atoms with Gasteiger partial charge in [0.05, 0.1) is 12.1 Å². The Morgan fingerprint density at radius 1 is 1.61 bits per heavy atom. The van der Waals surface area contributed by atoms with E-state index in [1.165, 1.54) is 12.8 Å². The van der Waals surface area contributed by atoms with Crippen LogP contribution in [0.3, 0.4) is 0 Å². The smallest absolute Gasteiger partial charge is 0.303 e. The summed E-state index contributed by atoms with van der Waals surface area (Å²) in [7, 11) is 0. The zero-order valence-electron chi connectivity index (χ0n) is 10.9. The minimum absolute atomic E-state index is 0.160. The summed E-state index contributed by atoms with van der Waals surface area (Å²) < 4.78 is 0. The third kappa shape index (κ3) is 3.70. The fourth-order valence-electron chi connectivity index (χ4n) is 1.87. The van der Waals surface area contributed by atoms with Crippen molar-refractivity contribution in [2.75, 3.05) is 11.4 Å². The Balaban J connectivity index is 1.98. The second-order valence-electron chi connectivity index (χ2n) is 5.20. The molecule has 1 N–H and O–H groups in total. The summed E-state index contributed by atoms with van der Waals surface area (Å²) in [5.74, 6) is 0.0713. The molecule has 0 aliphatic heterocycles. The molecule has 0 radical (unpaired) electrons. The molecule has 1 aromatic heterocycles. The number of carbonyl (C=O) groups is 1. The molecule has 1 saturated carbocycles. The van der Waals surface area contributed by atoms with E-state index in [2.05, 4.69) is 23.7 Å². The van der Waals surface area contributed by atoms with Gasteiger partial charge >= 0.3 is 5.97 Å². The maximum Gasteiger partial charge on any atom is 0.303 e. The maximum atomic E-state index is 10.5. The van der Waals surface area contributed by atoms with E-state index in [4.69, 9.17) is 5.11 Å². The van der Waals surface area contributed by atoms with Gasteiger partial charge in [0.2, 0.25) is 0 Å². The quantitative estimate of drug-likeness (QED) is 0.826. The number of carboxylic acid groups (broad SMARTS) is 1. The summed E-state index contributed by atoms with van der Waals surface area (Å²) in [5.41, 5.74) is 0.902. The molecule has 1 fully saturated rings. The highest BCUT2D eigenvalue weighted by Crippen LogP contribution is 2.33. The summed E-state index contributed by atoms with van der Waals surface area (Å²) >= 11 is 1.63. The van der Waals surface area contributed by atoms with Crippen LogP contribution in [0.4, 0.5) is 5.13 Å². The van der Waals surface area contributed by atoms with E-state index in [0.717, 1.165) is 23.3 Å². The first kappa shape index (κ1) is 13.3. The van der Waals surface area contributed by atoms with E-state index in [1.807, 2.05) is 5.38 Å². The van der Waals surface area contributed by atoms with Crippen LogP contribution in [0.5, 0.6) is 0 Å². The lowest BCUT2D eigenvalue weighted by Gasteiger charge is -2.26. The largest absolute Gasteiger partial charge is 0.481 e. The van der Waals surface area contributed by atoms with Crippen molar-refractivity contribution in [1.82, 2.24) is 4.98 Å². The monoisotopic (exact) mass is 268 g/mol. The lowest BCUT2D eigenvalue weighted by Crippen LogP contribution is -2.32. The zero-order chi connectivity index (χ0) is 13.1. The lowest BCUT2D eigenvalue weighted by atomic mass is 10.2. The molecular weight excluding hydrogens is 248 g/mol. The van der Waals surface area contributed by atoms with Crippen molar-refractivity contribution in [2.45, 2.75) is 45.6 Å². The van der Waals surface area contributed by atoms with Gasteiger partial charge in [0.15, 0.2) is 5.13 Å². The summed E-state index contributed by atoms with van der Waals surface area (Å²) in [5, 5.41) is 11.7. The highest BCUT2D eigenvalue weighted by molar-refractivity contribution is 7.13. The van der Waals surface area contributed by atoms with E-state index >= 15 is 0 Å². The van der Waals surface area contributed by atoms with Crippen molar-refractivity contribution in [2.24, 2.45) is 5.92 Å². The topological polar surface area (TPSA) is 53.4 Å². The number of hydrogen-bond donors (Lipinski definition) is 1. The first-order chi connectivity index (χ1) is 8.56. The molecule has 1 aromatic rings. The number of hydrogen-bond acceptors (Lipinski definition) is 4. The average Bonchev–Trinajstić information content (AvgIpc) is 3.00. The molecule has 0 aromatic carbocycles. The molecule has 5 heteroatoms. The third-order valence-corrected chi connectivity index (χ3v) is 4.08. The molecule has 0 atom stereocenters. The van der Waals surface area contributed by atoms with Crippen molar-refractivity contribution >= 4 is 22.4 Å². The summed E-state index contributed by atoms with van der Waals surface area (Å²) in [6.45, 7) is 5.45. The minimum atomic E-state index is -0.761. The fourth-order valence-corrected chi connectivity index (χ4v) is 2.87. The van der Waals surface area contributed by atoms with Crippen LogP contribution in [-0.2, 0) is 11.2 Å². The summed E-state index contributed by atoms with van der Waals surface area (Å²) in [4.78, 5) is 17.4. The SMILES string of the molecule is CC(C)N(CC1CC1)c1nc(CCC(=O)O)cs1. The lowest BCUT2D eigenvalue weighted by molar-refractivity contribution is -0.136. The van der Waals surface area contributed by atoms with Crippen LogP contribution in [0.2, 0.25) is 0 Å². The number of aliphatic carboxylic acids is 1. The van der Waals surface area contributed by atoms with Crippen LogP contribution in [-0.4, -0.2) is 28.6 Å². The number of carboxylic acids is 1. The highest BCUT2D eigenvalue weighted by Gasteiger charge is 2.26. The van der Waals surface area contributed by atoms with Gasteiger partial charge in [-0.3, -0.25) is 4.79 Å². The van der Waals surface area contributed by atoms with Crippen molar-refractivity contribution in [3.8, 4) is 0 Å². The van der Waals surface area contributed by atoms with E-state index in [0.29, 0.717) is 12.5 Å². The zero-order valence-corrected chi connectivity index (χ0v) is 11.7. The first-order valence-electron chi connectivity index (χ1n) is 6.49. The maximum absolute atomic E-state index is 10.5. The van der Waals surface area contributed by atoms with E-state index in [9.17, 15) is 4.79 Å². The van der Waals surface area contributed by atoms with Gasteiger partial charge in [0.1, 0.15) is 0 Å². The van der Waals surface area contributed by atoms with Crippen molar-refractivity contribution < 1.29 is 9.90 Å². The van der Waals surface area contributed by atoms with Crippen LogP contribution >= 0.6 is 11.3 Å². The molecule has 2 rings (SSSR count). The molecule has 18 heavy (non-hydrogen) atoms. The second kappa shape index (κ2) is 5.69. The van der Waals surface area contributed by atoms with Gasteiger partial charge < -0.3 is 10.0 Å². The normalized spacial score (nSPS) is 15.1. The van der Waals surface area contributed by atoms with E-state index in [-0.39, 0.29) is 6.42 Å². The molecule has 100 valence electrons. The van der Waals surface area contributed by atoms with Crippen LogP contribution in [0.15, 0.2) is 5.38 Å². The molecule has 1 aliphatic rings. The van der Waals surface area contributed by atoms with Gasteiger partial charge in [0, 0.05) is 24.4 Å². The Morgan fingerprint density at radius 2 is 2.33 bits per heavy atom. The van der Waals surface area contributed by atoms with Gasteiger partial charge in [-0.15, -0.1) is 11.3 Å². The number of thiazole rings is 1. The number of anilines is 1. The molecule has 0 unspecified atom stereocenters. The molecular formula is C13H20N2O2S. The van der Waals surface area contributed by atoms with Gasteiger partial charge in [-0.2, -0.15) is 0 Å². The number of aromatic nitrogens is 1. The van der Waals surface area contributed by atoms with Crippen LogP contribution in [0, 0.1) is 5.92 Å². The molecule has 0 spiro atoms. The average molecular weight is 268 g/mol. The fraction of sp³-hybridized carbons (Fsp3) is 0.692. The molecule has 4 nitrogen and oxygen atoms in total. The number of rotatable bonds is 7. The van der Waals surface area contributed by atoms with Crippen molar-refractivity contribution in [1.29, 1.82) is 0 Å². The minimum Gasteiger partial charge on any atom is -0.481 e. The van der Waals surface area contributed by atoms with Gasteiger partial charge in [0.25, 0.3) is 0 Å². The number of nitrogens with zero attached hydrogens (tertiary/aromatic N) is 2. The van der Waals surface area contributed by atoms with E-state index < -0.39 is 5.97 Å². The van der Waals surface area contributed by atoms with Crippen molar-refractivity contribution in [3.63, 3.8) is 0 Å². The Labute approximate surface area is 112 Å². The van der Waals surface area contributed by atoms with Crippen LogP contribution < -0.4 is 4.90 Å². The van der Waals surface area contributed by atoms with Crippen molar-refractivity contribution in [3.05, 3.63) is 11.1 Å². The molecule has 1 heterocycles. The first-order valence-corrected chi connectivity index (χ1v) is 7.37. The van der Waals surface area contributed by atoms with Gasteiger partial charge in [-0.05, 0) is 32.6 Å². The highest BCUT2D eigenvalue weighted by atomic mass is 32.1. The third-order valence-electron chi connectivity index (χ3n) is 3.16. The molecule has 0 saturated heterocycles. The predicted molar refractivity (Wildman–Crippen MR) is 73.3 cm³/mol.